The van der Waals surface area contributed by atoms with Crippen molar-refractivity contribution in [3.05, 3.63) is 18.0 Å². The molecular formula is C27H40N2O2. The van der Waals surface area contributed by atoms with Crippen LogP contribution in [0.15, 0.2) is 12.4 Å². The van der Waals surface area contributed by atoms with E-state index in [2.05, 4.69) is 25.9 Å². The first-order valence-corrected chi connectivity index (χ1v) is 12.9. The third-order valence-electron chi connectivity index (χ3n) is 11.2. The Balaban J connectivity index is 1.26. The van der Waals surface area contributed by atoms with E-state index in [0.717, 1.165) is 42.1 Å². The van der Waals surface area contributed by atoms with Crippen LogP contribution in [0, 0.1) is 59.2 Å². The molecule has 1 heterocycles. The van der Waals surface area contributed by atoms with Gasteiger partial charge < -0.3 is 5.11 Å². The second-order valence-corrected chi connectivity index (χ2v) is 13.0. The minimum atomic E-state index is -0.461. The molecule has 0 unspecified atom stereocenters. The molecule has 1 aromatic rings. The lowest BCUT2D eigenvalue weighted by molar-refractivity contribution is -0.156. The summed E-state index contributed by atoms with van der Waals surface area (Å²) in [5.74, 6) is 5.11. The molecule has 0 radical (unpaired) electrons. The molecule has 5 aliphatic carbocycles. The fraction of sp³-hybridized carbons (Fsp3) is 0.852. The highest BCUT2D eigenvalue weighted by molar-refractivity contribution is 5.83. The third-order valence-corrected chi connectivity index (χ3v) is 11.2. The predicted octanol–water partition coefficient (Wildman–Crippen LogP) is 5.03. The van der Waals surface area contributed by atoms with Gasteiger partial charge in [0, 0.05) is 12.1 Å². The number of hydrogen-bond acceptors (Lipinski definition) is 3. The van der Waals surface area contributed by atoms with Crippen LogP contribution in [0.25, 0.3) is 0 Å². The average molecular weight is 425 g/mol. The van der Waals surface area contributed by atoms with Gasteiger partial charge in [-0.2, -0.15) is 5.10 Å². The van der Waals surface area contributed by atoms with Crippen LogP contribution in [-0.2, 0) is 11.3 Å². The number of hydrogen-bond donors (Lipinski definition) is 1. The maximum Gasteiger partial charge on any atom is 0.158 e. The van der Waals surface area contributed by atoms with Gasteiger partial charge in [-0.25, -0.2) is 0 Å². The van der Waals surface area contributed by atoms with Gasteiger partial charge in [-0.3, -0.25) is 9.48 Å². The molecule has 0 saturated heterocycles. The molecule has 5 saturated carbocycles. The summed E-state index contributed by atoms with van der Waals surface area (Å²) in [4.78, 5) is 13.6. The second kappa shape index (κ2) is 6.46. The largest absolute Gasteiger partial charge is 0.390 e. The Morgan fingerprint density at radius 2 is 1.90 bits per heavy atom. The van der Waals surface area contributed by atoms with Crippen LogP contribution in [0.3, 0.4) is 0 Å². The number of carbonyl (C=O) groups is 1. The van der Waals surface area contributed by atoms with E-state index in [-0.39, 0.29) is 11.3 Å². The fourth-order valence-corrected chi connectivity index (χ4v) is 9.82. The van der Waals surface area contributed by atoms with Gasteiger partial charge in [0.2, 0.25) is 0 Å². The van der Waals surface area contributed by atoms with Gasteiger partial charge in [-0.1, -0.05) is 13.8 Å². The number of rotatable bonds is 3. The summed E-state index contributed by atoms with van der Waals surface area (Å²) in [6.45, 7) is 9.60. The summed E-state index contributed by atoms with van der Waals surface area (Å²) in [5, 5.41) is 15.1. The summed E-state index contributed by atoms with van der Waals surface area (Å²) in [6.07, 6.45) is 13.4. The fourth-order valence-electron chi connectivity index (χ4n) is 9.82. The zero-order valence-electron chi connectivity index (χ0n) is 19.8. The first-order valence-electron chi connectivity index (χ1n) is 12.9. The Hall–Kier alpha value is -1.16. The van der Waals surface area contributed by atoms with Crippen molar-refractivity contribution in [3.63, 3.8) is 0 Å². The van der Waals surface area contributed by atoms with Gasteiger partial charge >= 0.3 is 0 Å². The Kier molecular flexibility index (Phi) is 4.26. The predicted molar refractivity (Wildman–Crippen MR) is 120 cm³/mol. The molecule has 5 fully saturated rings. The van der Waals surface area contributed by atoms with Crippen molar-refractivity contribution < 1.29 is 9.90 Å². The Morgan fingerprint density at radius 1 is 1.10 bits per heavy atom. The summed E-state index contributed by atoms with van der Waals surface area (Å²) in [7, 11) is 0. The van der Waals surface area contributed by atoms with Crippen LogP contribution >= 0.6 is 0 Å². The molecule has 5 aliphatic rings. The molecule has 31 heavy (non-hydrogen) atoms. The zero-order valence-corrected chi connectivity index (χ0v) is 19.8. The average Bonchev–Trinajstić information content (AvgIpc) is 3.24. The molecular weight excluding hydrogens is 384 g/mol. The summed E-state index contributed by atoms with van der Waals surface area (Å²) < 4.78 is 1.86. The van der Waals surface area contributed by atoms with Crippen LogP contribution < -0.4 is 0 Å². The van der Waals surface area contributed by atoms with Gasteiger partial charge in [-0.15, -0.1) is 0 Å². The van der Waals surface area contributed by atoms with Crippen LogP contribution in [0.5, 0.6) is 0 Å². The van der Waals surface area contributed by atoms with Crippen LogP contribution in [0.2, 0.25) is 0 Å². The number of carbonyl (C=O) groups excluding carboxylic acids is 1. The molecule has 6 rings (SSSR count). The molecule has 0 bridgehead atoms. The first kappa shape index (κ1) is 20.4. The monoisotopic (exact) mass is 424 g/mol. The summed E-state index contributed by atoms with van der Waals surface area (Å²) >= 11 is 0. The normalized spacial score (nSPS) is 52.6. The number of aromatic nitrogens is 2. The van der Waals surface area contributed by atoms with Crippen LogP contribution in [0.1, 0.15) is 77.7 Å². The molecule has 4 heteroatoms. The van der Waals surface area contributed by atoms with E-state index in [1.807, 2.05) is 24.0 Å². The minimum absolute atomic E-state index is 0.192. The molecule has 4 nitrogen and oxygen atoms in total. The number of fused-ring (bicyclic) bond motifs is 7. The van der Waals surface area contributed by atoms with Gasteiger partial charge in [0.25, 0.3) is 0 Å². The van der Waals surface area contributed by atoms with E-state index in [9.17, 15) is 9.90 Å². The van der Waals surface area contributed by atoms with Gasteiger partial charge in [0.15, 0.2) is 5.78 Å². The van der Waals surface area contributed by atoms with E-state index in [0.29, 0.717) is 29.6 Å². The van der Waals surface area contributed by atoms with Crippen molar-refractivity contribution in [1.29, 1.82) is 0 Å². The molecule has 1 aromatic heterocycles. The van der Waals surface area contributed by atoms with Crippen LogP contribution in [-0.4, -0.2) is 26.3 Å². The van der Waals surface area contributed by atoms with E-state index in [4.69, 9.17) is 0 Å². The maximum atomic E-state index is 13.6. The quantitative estimate of drug-likeness (QED) is 0.741. The lowest BCUT2D eigenvalue weighted by Crippen LogP contribution is -2.56. The standard InChI is InChI=1S/C27H40N2O2/c1-16-13-28-29(14-16)15-22(30)24-20-11-19(20)23-18-6-5-17-12-25(2,31)9-10-26(17,3)21(18)7-8-27(23,24)4/h13-14,17-21,23-24,31H,5-12,15H2,1-4H3/t17-,18+,19+,20-,21-,23+,24+,25+,26-,27-/m0/s1. The van der Waals surface area contributed by atoms with E-state index in [1.165, 1.54) is 38.5 Å². The Labute approximate surface area is 187 Å². The molecule has 0 amide bonds. The third kappa shape index (κ3) is 2.89. The van der Waals surface area contributed by atoms with E-state index in [1.54, 1.807) is 0 Å². The van der Waals surface area contributed by atoms with Gasteiger partial charge in [-0.05, 0) is 117 Å². The van der Waals surface area contributed by atoms with Crippen LogP contribution in [0.4, 0.5) is 0 Å². The number of aryl methyl sites for hydroxylation is 1. The van der Waals surface area contributed by atoms with Crippen molar-refractivity contribution >= 4 is 5.78 Å². The van der Waals surface area contributed by atoms with Crippen molar-refractivity contribution in [3.8, 4) is 0 Å². The second-order valence-electron chi connectivity index (χ2n) is 13.0. The zero-order chi connectivity index (χ0) is 21.8. The van der Waals surface area contributed by atoms with Crippen molar-refractivity contribution in [1.82, 2.24) is 9.78 Å². The summed E-state index contributed by atoms with van der Waals surface area (Å²) in [6, 6.07) is 0. The van der Waals surface area contributed by atoms with Crippen molar-refractivity contribution in [2.45, 2.75) is 91.2 Å². The molecule has 10 atom stereocenters. The SMILES string of the molecule is Cc1cnn(CC(=O)[C@H]2[C@H]3C[C@H]3[C@H]3[C@@H]4CC[C@H]5C[C@](C)(O)CC[C@]5(C)[C@H]4CC[C@@]32C)c1. The molecule has 170 valence electrons. The number of aliphatic hydroxyl groups is 1. The Bertz CT molecular complexity index is 905. The first-order chi connectivity index (χ1) is 14.6. The smallest absolute Gasteiger partial charge is 0.158 e. The number of Topliss-reactive ketones (excluding diaryl/α,β-unsaturated/α-hetero) is 1. The Morgan fingerprint density at radius 3 is 2.65 bits per heavy atom. The molecule has 0 aromatic carbocycles. The molecule has 0 aliphatic heterocycles. The lowest BCUT2D eigenvalue weighted by atomic mass is 9.43. The molecule has 1 N–H and O–H groups in total. The lowest BCUT2D eigenvalue weighted by Gasteiger charge is -2.62. The topological polar surface area (TPSA) is 55.1 Å². The number of ketones is 1. The van der Waals surface area contributed by atoms with Crippen molar-refractivity contribution in [2.75, 3.05) is 0 Å². The number of nitrogens with zero attached hydrogens (tertiary/aromatic N) is 2. The van der Waals surface area contributed by atoms with E-state index < -0.39 is 5.60 Å². The minimum Gasteiger partial charge on any atom is -0.390 e. The highest BCUT2D eigenvalue weighted by Crippen LogP contribution is 2.76. The molecule has 0 spiro atoms. The van der Waals surface area contributed by atoms with Gasteiger partial charge in [0.05, 0.1) is 18.3 Å². The highest BCUT2D eigenvalue weighted by Gasteiger charge is 2.71. The summed E-state index contributed by atoms with van der Waals surface area (Å²) in [5.41, 5.74) is 1.25. The maximum absolute atomic E-state index is 13.6. The highest BCUT2D eigenvalue weighted by atomic mass is 16.3. The van der Waals surface area contributed by atoms with Crippen molar-refractivity contribution in [2.24, 2.45) is 52.3 Å². The van der Waals surface area contributed by atoms with E-state index >= 15 is 0 Å². The van der Waals surface area contributed by atoms with Gasteiger partial charge in [0.1, 0.15) is 0 Å².